The van der Waals surface area contributed by atoms with Crippen molar-refractivity contribution >= 4 is 27.7 Å². The molecule has 2 atom stereocenters. The fourth-order valence-electron chi connectivity index (χ4n) is 3.83. The van der Waals surface area contributed by atoms with Crippen LogP contribution in [0.2, 0.25) is 0 Å². The number of amides is 1. The third-order valence-corrected chi connectivity index (χ3v) is 7.44. The van der Waals surface area contributed by atoms with E-state index in [4.69, 9.17) is 9.57 Å². The Hall–Kier alpha value is -3.44. The van der Waals surface area contributed by atoms with Gasteiger partial charge >= 0.3 is 5.97 Å². The number of nitrogens with one attached hydrogen (secondary N) is 2. The molecule has 0 spiro atoms. The number of esters is 1. The summed E-state index contributed by atoms with van der Waals surface area (Å²) in [6.07, 6.45) is 4.12. The molecule has 0 unspecified atom stereocenters. The quantitative estimate of drug-likeness (QED) is 0.379. The normalized spacial score (nSPS) is 15.9. The second-order valence-electron chi connectivity index (χ2n) is 8.81. The maximum Gasteiger partial charge on any atom is 0.307 e. The number of ether oxygens (including phenoxy) is 1. The molecule has 0 bridgehead atoms. The number of allylic oxidation sites excluding steroid dienone is 1. The molecule has 3 rings (SSSR count). The van der Waals surface area contributed by atoms with Gasteiger partial charge in [0.1, 0.15) is 11.9 Å². The molecule has 1 amide bonds. The van der Waals surface area contributed by atoms with E-state index in [1.807, 2.05) is 13.0 Å². The van der Waals surface area contributed by atoms with Crippen LogP contribution in [0.1, 0.15) is 45.1 Å². The molecule has 0 saturated heterocycles. The van der Waals surface area contributed by atoms with Crippen LogP contribution < -0.4 is 15.1 Å². The highest BCUT2D eigenvalue weighted by Gasteiger charge is 2.26. The van der Waals surface area contributed by atoms with Crippen LogP contribution in [-0.2, 0) is 29.2 Å². The minimum Gasteiger partial charge on any atom is -0.466 e. The summed E-state index contributed by atoms with van der Waals surface area (Å²) in [5.41, 5.74) is 4.57. The van der Waals surface area contributed by atoms with Gasteiger partial charge in [-0.2, -0.15) is 0 Å². The number of aryl methyl sites for hydroxylation is 1. The standard InChI is InChI=1S/C26H34N4O6S/c1-4-35-26(32)16-20(3)28-25(31)18-22-17-21(29-36-22)8-7-15-30(24-9-5-6-14-27-24)37(33,34)23-12-10-19(2)11-13-23/h5-6,9-14,17,20,22,29H,4,7-8,15-16,18H2,1-3H3,(H,28,31)/t20-,22+/m0/s1. The zero-order valence-electron chi connectivity index (χ0n) is 21.3. The molecule has 1 aromatic carbocycles. The van der Waals surface area contributed by atoms with E-state index in [1.165, 1.54) is 4.31 Å². The van der Waals surface area contributed by atoms with Gasteiger partial charge in [-0.1, -0.05) is 23.8 Å². The Morgan fingerprint density at radius 2 is 1.97 bits per heavy atom. The Labute approximate surface area is 218 Å². The third kappa shape index (κ3) is 8.29. The number of carbonyl (C=O) groups excluding carboxylic acids is 2. The number of aromatic nitrogens is 1. The highest BCUT2D eigenvalue weighted by atomic mass is 32.2. The first-order valence-electron chi connectivity index (χ1n) is 12.3. The van der Waals surface area contributed by atoms with Gasteiger partial charge in [-0.25, -0.2) is 17.7 Å². The van der Waals surface area contributed by atoms with Gasteiger partial charge in [0, 0.05) is 24.5 Å². The summed E-state index contributed by atoms with van der Waals surface area (Å²) < 4.78 is 33.0. The lowest BCUT2D eigenvalue weighted by Crippen LogP contribution is -2.36. The van der Waals surface area contributed by atoms with E-state index < -0.39 is 16.1 Å². The van der Waals surface area contributed by atoms with Crippen molar-refractivity contribution in [3.63, 3.8) is 0 Å². The van der Waals surface area contributed by atoms with Crippen molar-refractivity contribution in [1.82, 2.24) is 15.8 Å². The number of anilines is 1. The molecular weight excluding hydrogens is 496 g/mol. The highest BCUT2D eigenvalue weighted by molar-refractivity contribution is 7.92. The lowest BCUT2D eigenvalue weighted by atomic mass is 10.1. The summed E-state index contributed by atoms with van der Waals surface area (Å²) in [7, 11) is -3.80. The van der Waals surface area contributed by atoms with Crippen LogP contribution in [0.25, 0.3) is 0 Å². The summed E-state index contributed by atoms with van der Waals surface area (Å²) in [4.78, 5) is 33.8. The van der Waals surface area contributed by atoms with E-state index in [0.717, 1.165) is 11.3 Å². The average molecular weight is 531 g/mol. The van der Waals surface area contributed by atoms with Crippen molar-refractivity contribution in [1.29, 1.82) is 0 Å². The first kappa shape index (κ1) is 28.1. The number of pyridine rings is 1. The first-order chi connectivity index (χ1) is 17.7. The number of nitrogens with zero attached hydrogens (tertiary/aromatic N) is 2. The van der Waals surface area contributed by atoms with Crippen molar-refractivity contribution in [3.8, 4) is 0 Å². The van der Waals surface area contributed by atoms with Gasteiger partial charge in [-0.05, 0) is 64.0 Å². The molecule has 0 aliphatic carbocycles. The smallest absolute Gasteiger partial charge is 0.307 e. The Kier molecular flexibility index (Phi) is 10.0. The molecule has 1 aliphatic heterocycles. The molecule has 0 fully saturated rings. The van der Waals surface area contributed by atoms with Crippen LogP contribution in [0, 0.1) is 6.92 Å². The summed E-state index contributed by atoms with van der Waals surface area (Å²) in [5.74, 6) is -0.258. The van der Waals surface area contributed by atoms with Gasteiger partial charge in [0.25, 0.3) is 10.0 Å². The molecule has 11 heteroatoms. The predicted octanol–water partition coefficient (Wildman–Crippen LogP) is 3.00. The predicted molar refractivity (Wildman–Crippen MR) is 139 cm³/mol. The maximum absolute atomic E-state index is 13.4. The monoisotopic (exact) mass is 530 g/mol. The molecule has 1 aromatic heterocycles. The fraction of sp³-hybridized carbons (Fsp3) is 0.423. The van der Waals surface area contributed by atoms with Crippen LogP contribution in [0.5, 0.6) is 0 Å². The number of rotatable bonds is 13. The third-order valence-electron chi connectivity index (χ3n) is 5.62. The second-order valence-corrected chi connectivity index (χ2v) is 10.7. The van der Waals surface area contributed by atoms with E-state index in [0.29, 0.717) is 25.3 Å². The Morgan fingerprint density at radius 3 is 2.65 bits per heavy atom. The molecular formula is C26H34N4O6S. The van der Waals surface area contributed by atoms with Gasteiger partial charge in [0.05, 0.1) is 24.3 Å². The van der Waals surface area contributed by atoms with E-state index in [-0.39, 0.29) is 42.2 Å². The number of hydrogen-bond donors (Lipinski definition) is 2. The molecule has 200 valence electrons. The van der Waals surface area contributed by atoms with Gasteiger partial charge in [0.15, 0.2) is 0 Å². The van der Waals surface area contributed by atoms with Crippen LogP contribution >= 0.6 is 0 Å². The fourth-order valence-corrected chi connectivity index (χ4v) is 5.28. The zero-order chi connectivity index (χ0) is 26.8. The lowest BCUT2D eigenvalue weighted by Gasteiger charge is -2.23. The van der Waals surface area contributed by atoms with E-state index >= 15 is 0 Å². The summed E-state index contributed by atoms with van der Waals surface area (Å²) in [5, 5.41) is 2.77. The van der Waals surface area contributed by atoms with Crippen LogP contribution in [0.3, 0.4) is 0 Å². The van der Waals surface area contributed by atoms with Gasteiger partial charge < -0.3 is 10.1 Å². The molecule has 0 radical (unpaired) electrons. The van der Waals surface area contributed by atoms with Gasteiger partial charge in [-0.3, -0.25) is 19.9 Å². The van der Waals surface area contributed by atoms with E-state index in [9.17, 15) is 18.0 Å². The van der Waals surface area contributed by atoms with Crippen molar-refractivity contribution in [2.75, 3.05) is 17.5 Å². The van der Waals surface area contributed by atoms with Crippen LogP contribution in [-0.4, -0.2) is 50.6 Å². The lowest BCUT2D eigenvalue weighted by molar-refractivity contribution is -0.143. The number of hydrogen-bond acceptors (Lipinski definition) is 8. The first-order valence-corrected chi connectivity index (χ1v) is 13.7. The Morgan fingerprint density at radius 1 is 1.22 bits per heavy atom. The van der Waals surface area contributed by atoms with E-state index in [2.05, 4.69) is 15.8 Å². The minimum atomic E-state index is -3.80. The largest absolute Gasteiger partial charge is 0.466 e. The van der Waals surface area contributed by atoms with Crippen LogP contribution in [0.4, 0.5) is 5.82 Å². The molecule has 0 saturated carbocycles. The number of carbonyl (C=O) groups is 2. The molecule has 10 nitrogen and oxygen atoms in total. The SMILES string of the molecule is CCOC(=O)C[C@H](C)NC(=O)C[C@H]1C=C(CCCN(c2ccccn2)S(=O)(=O)c2ccc(C)cc2)NO1. The Balaban J connectivity index is 1.56. The van der Waals surface area contributed by atoms with Crippen molar-refractivity contribution in [2.24, 2.45) is 0 Å². The molecule has 2 aromatic rings. The molecule has 2 N–H and O–H groups in total. The molecule has 2 heterocycles. The van der Waals surface area contributed by atoms with Crippen molar-refractivity contribution in [3.05, 3.63) is 66.0 Å². The van der Waals surface area contributed by atoms with Crippen molar-refractivity contribution < 1.29 is 27.6 Å². The molecule has 37 heavy (non-hydrogen) atoms. The van der Waals surface area contributed by atoms with Crippen LogP contribution in [0.15, 0.2) is 65.3 Å². The maximum atomic E-state index is 13.4. The molecule has 1 aliphatic rings. The second kappa shape index (κ2) is 13.2. The van der Waals surface area contributed by atoms with Gasteiger partial charge in [0.2, 0.25) is 5.91 Å². The minimum absolute atomic E-state index is 0.0888. The van der Waals surface area contributed by atoms with Gasteiger partial charge in [-0.15, -0.1) is 0 Å². The van der Waals surface area contributed by atoms with E-state index in [1.54, 1.807) is 62.5 Å². The number of hydroxylamine groups is 1. The summed E-state index contributed by atoms with van der Waals surface area (Å²) in [6, 6.07) is 11.5. The summed E-state index contributed by atoms with van der Waals surface area (Å²) in [6.45, 7) is 5.88. The number of benzene rings is 1. The number of sulfonamides is 1. The average Bonchev–Trinajstić information content (AvgIpc) is 3.29. The Bertz CT molecular complexity index is 1190. The van der Waals surface area contributed by atoms with Crippen molar-refractivity contribution in [2.45, 2.75) is 63.5 Å². The summed E-state index contributed by atoms with van der Waals surface area (Å²) >= 11 is 0. The zero-order valence-corrected chi connectivity index (χ0v) is 22.2. The highest BCUT2D eigenvalue weighted by Crippen LogP contribution is 2.24. The topological polar surface area (TPSA) is 127 Å².